The minimum Gasteiger partial charge on any atom is -0.465 e. The third kappa shape index (κ3) is 4.94. The quantitative estimate of drug-likeness (QED) is 0.442. The fourth-order valence-corrected chi connectivity index (χ4v) is 1.90. The SMILES string of the molecule is COCCNC(=O)C(C)(C)C(=O)Nc1cc(C(=O)OC)ccc1Cl. The number of rotatable bonds is 7. The molecule has 0 aliphatic heterocycles. The molecule has 0 fully saturated rings. The second kappa shape index (κ2) is 8.65. The normalized spacial score (nSPS) is 10.9. The van der Waals surface area contributed by atoms with Crippen LogP contribution < -0.4 is 10.6 Å². The van der Waals surface area contributed by atoms with Gasteiger partial charge in [0.15, 0.2) is 0 Å². The van der Waals surface area contributed by atoms with Crippen LogP contribution in [0, 0.1) is 5.41 Å². The molecular formula is C16H21ClN2O5. The van der Waals surface area contributed by atoms with Gasteiger partial charge >= 0.3 is 5.97 Å². The van der Waals surface area contributed by atoms with Gasteiger partial charge in [-0.3, -0.25) is 9.59 Å². The summed E-state index contributed by atoms with van der Waals surface area (Å²) in [6, 6.07) is 4.34. The van der Waals surface area contributed by atoms with E-state index in [1.807, 2.05) is 0 Å². The zero-order chi connectivity index (χ0) is 18.3. The van der Waals surface area contributed by atoms with Gasteiger partial charge in [-0.05, 0) is 32.0 Å². The highest BCUT2D eigenvalue weighted by molar-refractivity contribution is 6.34. The number of hydrogen-bond donors (Lipinski definition) is 2. The molecule has 1 aromatic carbocycles. The molecule has 0 aliphatic rings. The van der Waals surface area contributed by atoms with E-state index in [2.05, 4.69) is 15.4 Å². The van der Waals surface area contributed by atoms with Crippen LogP contribution in [-0.4, -0.2) is 45.2 Å². The van der Waals surface area contributed by atoms with Gasteiger partial charge in [0.25, 0.3) is 0 Å². The first-order chi connectivity index (χ1) is 11.2. The lowest BCUT2D eigenvalue weighted by molar-refractivity contribution is -0.138. The Morgan fingerprint density at radius 1 is 1.17 bits per heavy atom. The summed E-state index contributed by atoms with van der Waals surface area (Å²) >= 11 is 6.04. The van der Waals surface area contributed by atoms with Crippen LogP contribution in [0.25, 0.3) is 0 Å². The molecule has 2 N–H and O–H groups in total. The van der Waals surface area contributed by atoms with E-state index in [4.69, 9.17) is 16.3 Å². The third-order valence-electron chi connectivity index (χ3n) is 3.36. The number of halogens is 1. The first kappa shape index (κ1) is 19.9. The van der Waals surface area contributed by atoms with Crippen molar-refractivity contribution >= 4 is 35.1 Å². The maximum Gasteiger partial charge on any atom is 0.337 e. The largest absolute Gasteiger partial charge is 0.465 e. The summed E-state index contributed by atoms with van der Waals surface area (Å²) < 4.78 is 9.47. The number of benzene rings is 1. The highest BCUT2D eigenvalue weighted by atomic mass is 35.5. The molecule has 0 spiro atoms. The number of carbonyl (C=O) groups is 3. The minimum absolute atomic E-state index is 0.224. The number of anilines is 1. The summed E-state index contributed by atoms with van der Waals surface area (Å²) in [4.78, 5) is 36.1. The molecule has 1 aromatic rings. The maximum atomic E-state index is 12.4. The monoisotopic (exact) mass is 356 g/mol. The molecule has 0 bridgehead atoms. The molecule has 0 saturated heterocycles. The maximum absolute atomic E-state index is 12.4. The van der Waals surface area contributed by atoms with Crippen LogP contribution in [0.1, 0.15) is 24.2 Å². The molecule has 7 nitrogen and oxygen atoms in total. The van der Waals surface area contributed by atoms with Gasteiger partial charge < -0.3 is 20.1 Å². The molecule has 0 atom stereocenters. The average molecular weight is 357 g/mol. The van der Waals surface area contributed by atoms with Crippen molar-refractivity contribution in [2.75, 3.05) is 32.7 Å². The van der Waals surface area contributed by atoms with Crippen molar-refractivity contribution in [3.63, 3.8) is 0 Å². The van der Waals surface area contributed by atoms with Gasteiger partial charge in [-0.1, -0.05) is 11.6 Å². The molecule has 2 amide bonds. The zero-order valence-corrected chi connectivity index (χ0v) is 14.8. The second-order valence-corrected chi connectivity index (χ2v) is 5.92. The van der Waals surface area contributed by atoms with Crippen molar-refractivity contribution in [2.45, 2.75) is 13.8 Å². The first-order valence-electron chi connectivity index (χ1n) is 7.20. The number of methoxy groups -OCH3 is 2. The lowest BCUT2D eigenvalue weighted by Crippen LogP contribution is -2.46. The lowest BCUT2D eigenvalue weighted by Gasteiger charge is -2.23. The Kier molecular flexibility index (Phi) is 7.18. The van der Waals surface area contributed by atoms with Gasteiger partial charge in [0.2, 0.25) is 11.8 Å². The van der Waals surface area contributed by atoms with Crippen molar-refractivity contribution in [3.8, 4) is 0 Å². The third-order valence-corrected chi connectivity index (χ3v) is 3.69. The Morgan fingerprint density at radius 3 is 2.42 bits per heavy atom. The summed E-state index contributed by atoms with van der Waals surface area (Å²) in [5, 5.41) is 5.42. The van der Waals surface area contributed by atoms with Gasteiger partial charge in [0.1, 0.15) is 5.41 Å². The average Bonchev–Trinajstić information content (AvgIpc) is 2.55. The van der Waals surface area contributed by atoms with E-state index < -0.39 is 23.2 Å². The number of carbonyl (C=O) groups excluding carboxylic acids is 3. The van der Waals surface area contributed by atoms with Crippen molar-refractivity contribution in [1.82, 2.24) is 5.32 Å². The van der Waals surface area contributed by atoms with Crippen LogP contribution in [-0.2, 0) is 19.1 Å². The fraction of sp³-hybridized carbons (Fsp3) is 0.438. The Balaban J connectivity index is 2.89. The zero-order valence-electron chi connectivity index (χ0n) is 14.1. The van der Waals surface area contributed by atoms with Crippen LogP contribution in [0.3, 0.4) is 0 Å². The van der Waals surface area contributed by atoms with Crippen molar-refractivity contribution in [2.24, 2.45) is 5.41 Å². The molecule has 1 rings (SSSR count). The van der Waals surface area contributed by atoms with Crippen molar-refractivity contribution in [3.05, 3.63) is 28.8 Å². The minimum atomic E-state index is -1.33. The van der Waals surface area contributed by atoms with Crippen LogP contribution in [0.2, 0.25) is 5.02 Å². The predicted octanol–water partition coefficient (Wildman–Crippen LogP) is 1.85. The van der Waals surface area contributed by atoms with E-state index in [0.29, 0.717) is 13.2 Å². The predicted molar refractivity (Wildman–Crippen MR) is 90.1 cm³/mol. The molecule has 132 valence electrons. The Morgan fingerprint density at radius 2 is 1.83 bits per heavy atom. The van der Waals surface area contributed by atoms with E-state index in [-0.39, 0.29) is 16.3 Å². The molecule has 0 heterocycles. The number of ether oxygens (including phenoxy) is 2. The number of hydrogen-bond acceptors (Lipinski definition) is 5. The molecule has 0 radical (unpaired) electrons. The van der Waals surface area contributed by atoms with Crippen LogP contribution in [0.15, 0.2) is 18.2 Å². The van der Waals surface area contributed by atoms with Gasteiger partial charge in [0, 0.05) is 13.7 Å². The first-order valence-corrected chi connectivity index (χ1v) is 7.58. The molecule has 8 heteroatoms. The fourth-order valence-electron chi connectivity index (χ4n) is 1.74. The highest BCUT2D eigenvalue weighted by Gasteiger charge is 2.36. The summed E-state index contributed by atoms with van der Waals surface area (Å²) in [5.41, 5.74) is -0.875. The van der Waals surface area contributed by atoms with Gasteiger partial charge in [-0.25, -0.2) is 4.79 Å². The van der Waals surface area contributed by atoms with E-state index in [1.165, 1.54) is 46.3 Å². The molecule has 0 aromatic heterocycles. The molecule has 0 aliphatic carbocycles. The topological polar surface area (TPSA) is 93.7 Å². The summed E-state index contributed by atoms with van der Waals surface area (Å²) in [5.74, 6) is -1.56. The van der Waals surface area contributed by atoms with E-state index in [9.17, 15) is 14.4 Å². The summed E-state index contributed by atoms with van der Waals surface area (Å²) in [6.07, 6.45) is 0. The smallest absolute Gasteiger partial charge is 0.337 e. The van der Waals surface area contributed by atoms with E-state index in [0.717, 1.165) is 0 Å². The van der Waals surface area contributed by atoms with Crippen molar-refractivity contribution < 1.29 is 23.9 Å². The number of esters is 1. The Labute approximate surface area is 145 Å². The number of nitrogens with one attached hydrogen (secondary N) is 2. The standard InChI is InChI=1S/C16H21ClN2O5/c1-16(2,14(21)18-7-8-23-3)15(22)19-12-9-10(13(20)24-4)5-6-11(12)17/h5-6,9H,7-8H2,1-4H3,(H,18,21)(H,19,22). The van der Waals surface area contributed by atoms with Crippen LogP contribution in [0.4, 0.5) is 5.69 Å². The van der Waals surface area contributed by atoms with Crippen molar-refractivity contribution in [1.29, 1.82) is 0 Å². The van der Waals surface area contributed by atoms with Gasteiger partial charge in [0.05, 0.1) is 30.0 Å². The van der Waals surface area contributed by atoms with Gasteiger partial charge in [-0.2, -0.15) is 0 Å². The lowest BCUT2D eigenvalue weighted by atomic mass is 9.91. The Bertz CT molecular complexity index is 631. The molecule has 0 saturated carbocycles. The van der Waals surface area contributed by atoms with E-state index in [1.54, 1.807) is 0 Å². The van der Waals surface area contributed by atoms with Crippen LogP contribution >= 0.6 is 11.6 Å². The molecular weight excluding hydrogens is 336 g/mol. The highest BCUT2D eigenvalue weighted by Crippen LogP contribution is 2.26. The van der Waals surface area contributed by atoms with E-state index >= 15 is 0 Å². The van der Waals surface area contributed by atoms with Crippen LogP contribution in [0.5, 0.6) is 0 Å². The second-order valence-electron chi connectivity index (χ2n) is 5.51. The Hall–Kier alpha value is -2.12. The summed E-state index contributed by atoms with van der Waals surface area (Å²) in [7, 11) is 2.77. The molecule has 0 unspecified atom stereocenters. The summed E-state index contributed by atoms with van der Waals surface area (Å²) in [6.45, 7) is 3.62. The number of amides is 2. The molecule has 24 heavy (non-hydrogen) atoms. The van der Waals surface area contributed by atoms with Gasteiger partial charge in [-0.15, -0.1) is 0 Å².